The van der Waals surface area contributed by atoms with Crippen molar-refractivity contribution < 1.29 is 9.53 Å². The number of amides is 1. The van der Waals surface area contributed by atoms with Crippen LogP contribution < -0.4 is 0 Å². The standard InChI is InChI=1S/C22H24Cl2N4O2/c1-22(2,3)30-21(29)27-7-4-5-14(13-27)18-9-16(24)10-19(26-18)17-12-25-28-8-6-15(23)11-20(17)28/h6,8-12,14H,4-5,7,13H2,1-3H3. The molecule has 0 aromatic carbocycles. The van der Waals surface area contributed by atoms with Gasteiger partial charge in [-0.25, -0.2) is 9.31 Å². The lowest BCUT2D eigenvalue weighted by Gasteiger charge is -2.34. The lowest BCUT2D eigenvalue weighted by Crippen LogP contribution is -2.42. The summed E-state index contributed by atoms with van der Waals surface area (Å²) in [7, 11) is 0. The van der Waals surface area contributed by atoms with Crippen LogP contribution in [0.4, 0.5) is 4.79 Å². The fourth-order valence-electron chi connectivity index (χ4n) is 3.73. The van der Waals surface area contributed by atoms with Gasteiger partial charge in [0.2, 0.25) is 0 Å². The quantitative estimate of drug-likeness (QED) is 0.497. The van der Waals surface area contributed by atoms with Crippen LogP contribution in [0.25, 0.3) is 16.8 Å². The zero-order chi connectivity index (χ0) is 21.5. The first-order chi connectivity index (χ1) is 14.2. The molecule has 8 heteroatoms. The molecular weight excluding hydrogens is 423 g/mol. The minimum absolute atomic E-state index is 0.0918. The fraction of sp³-hybridized carbons (Fsp3) is 0.409. The molecule has 0 bridgehead atoms. The van der Waals surface area contributed by atoms with E-state index in [1.165, 1.54) is 0 Å². The van der Waals surface area contributed by atoms with Gasteiger partial charge in [0.15, 0.2) is 0 Å². The summed E-state index contributed by atoms with van der Waals surface area (Å²) in [4.78, 5) is 19.2. The average molecular weight is 447 g/mol. The number of aromatic nitrogens is 3. The maximum absolute atomic E-state index is 12.5. The van der Waals surface area contributed by atoms with Crippen LogP contribution in [-0.2, 0) is 4.74 Å². The lowest BCUT2D eigenvalue weighted by atomic mass is 9.94. The lowest BCUT2D eigenvalue weighted by molar-refractivity contribution is 0.0197. The van der Waals surface area contributed by atoms with E-state index >= 15 is 0 Å². The van der Waals surface area contributed by atoms with Crippen molar-refractivity contribution in [3.63, 3.8) is 0 Å². The minimum Gasteiger partial charge on any atom is -0.444 e. The van der Waals surface area contributed by atoms with E-state index < -0.39 is 5.60 Å². The van der Waals surface area contributed by atoms with Crippen molar-refractivity contribution in [3.8, 4) is 11.3 Å². The molecule has 0 spiro atoms. The predicted molar refractivity (Wildman–Crippen MR) is 118 cm³/mol. The van der Waals surface area contributed by atoms with Crippen LogP contribution in [0.1, 0.15) is 45.2 Å². The molecule has 1 fully saturated rings. The van der Waals surface area contributed by atoms with E-state index in [2.05, 4.69) is 5.10 Å². The Morgan fingerprint density at radius 2 is 2.00 bits per heavy atom. The molecule has 1 aliphatic heterocycles. The zero-order valence-electron chi connectivity index (χ0n) is 17.2. The van der Waals surface area contributed by atoms with Crippen molar-refractivity contribution in [2.45, 2.75) is 45.1 Å². The van der Waals surface area contributed by atoms with Crippen LogP contribution in [0, 0.1) is 0 Å². The largest absolute Gasteiger partial charge is 0.444 e. The number of carbonyl (C=O) groups excluding carboxylic acids is 1. The number of nitrogens with zero attached hydrogens (tertiary/aromatic N) is 4. The Balaban J connectivity index is 1.63. The number of rotatable bonds is 2. The van der Waals surface area contributed by atoms with Gasteiger partial charge in [0.05, 0.1) is 17.4 Å². The number of halogens is 2. The minimum atomic E-state index is -0.518. The molecule has 30 heavy (non-hydrogen) atoms. The topological polar surface area (TPSA) is 59.7 Å². The molecule has 1 atom stereocenters. The van der Waals surface area contributed by atoms with Gasteiger partial charge in [-0.1, -0.05) is 23.2 Å². The number of pyridine rings is 2. The number of hydrogen-bond donors (Lipinski definition) is 0. The Morgan fingerprint density at radius 3 is 2.77 bits per heavy atom. The molecular formula is C22H24Cl2N4O2. The summed E-state index contributed by atoms with van der Waals surface area (Å²) in [6.45, 7) is 6.87. The smallest absolute Gasteiger partial charge is 0.410 e. The number of piperidine rings is 1. The molecule has 3 aromatic heterocycles. The summed E-state index contributed by atoms with van der Waals surface area (Å²) < 4.78 is 7.30. The molecule has 1 unspecified atom stereocenters. The van der Waals surface area contributed by atoms with E-state index in [9.17, 15) is 4.79 Å². The zero-order valence-corrected chi connectivity index (χ0v) is 18.7. The van der Waals surface area contributed by atoms with Gasteiger partial charge in [0.25, 0.3) is 0 Å². The average Bonchev–Trinajstić information content (AvgIpc) is 3.09. The van der Waals surface area contributed by atoms with E-state index in [0.717, 1.165) is 35.3 Å². The van der Waals surface area contributed by atoms with Gasteiger partial charge in [-0.3, -0.25) is 4.98 Å². The molecule has 6 nitrogen and oxygen atoms in total. The van der Waals surface area contributed by atoms with E-state index in [-0.39, 0.29) is 12.0 Å². The normalized spacial score (nSPS) is 17.4. The number of likely N-dealkylation sites (tertiary alicyclic amines) is 1. The van der Waals surface area contributed by atoms with Crippen molar-refractivity contribution in [2.24, 2.45) is 0 Å². The third-order valence-electron chi connectivity index (χ3n) is 5.06. The van der Waals surface area contributed by atoms with Crippen LogP contribution in [0.5, 0.6) is 0 Å². The van der Waals surface area contributed by atoms with Crippen molar-refractivity contribution >= 4 is 34.8 Å². The molecule has 4 rings (SSSR count). The maximum Gasteiger partial charge on any atom is 0.410 e. The van der Waals surface area contributed by atoms with Gasteiger partial charge >= 0.3 is 6.09 Å². The monoisotopic (exact) mass is 446 g/mol. The van der Waals surface area contributed by atoms with Gasteiger partial charge in [-0.15, -0.1) is 0 Å². The summed E-state index contributed by atoms with van der Waals surface area (Å²) >= 11 is 12.6. The van der Waals surface area contributed by atoms with Gasteiger partial charge in [-0.05, 0) is 57.9 Å². The van der Waals surface area contributed by atoms with Gasteiger partial charge in [0, 0.05) is 46.5 Å². The molecule has 1 saturated heterocycles. The first kappa shape index (κ1) is 20.9. The Kier molecular flexibility index (Phi) is 5.64. The van der Waals surface area contributed by atoms with Crippen LogP contribution in [0.2, 0.25) is 10.0 Å². The second kappa shape index (κ2) is 8.08. The summed E-state index contributed by atoms with van der Waals surface area (Å²) in [6, 6.07) is 7.36. The van der Waals surface area contributed by atoms with Crippen molar-refractivity contribution in [1.82, 2.24) is 19.5 Å². The van der Waals surface area contributed by atoms with Gasteiger partial charge in [-0.2, -0.15) is 5.10 Å². The molecule has 158 valence electrons. The van der Waals surface area contributed by atoms with E-state index in [0.29, 0.717) is 23.1 Å². The van der Waals surface area contributed by atoms with Crippen LogP contribution in [0.3, 0.4) is 0 Å². The van der Waals surface area contributed by atoms with Crippen LogP contribution in [0.15, 0.2) is 36.7 Å². The molecule has 3 aromatic rings. The van der Waals surface area contributed by atoms with Crippen LogP contribution >= 0.6 is 23.2 Å². The predicted octanol–water partition coefficient (Wildman–Crippen LogP) is 5.82. The Morgan fingerprint density at radius 1 is 1.20 bits per heavy atom. The first-order valence-electron chi connectivity index (χ1n) is 9.98. The SMILES string of the molecule is CC(C)(C)OC(=O)N1CCCC(c2cc(Cl)cc(-c3cnn4ccc(Cl)cc34)n2)C1. The highest BCUT2D eigenvalue weighted by molar-refractivity contribution is 6.31. The molecule has 0 radical (unpaired) electrons. The van der Waals surface area contributed by atoms with Crippen molar-refractivity contribution in [1.29, 1.82) is 0 Å². The number of ether oxygens (including phenoxy) is 1. The molecule has 1 aliphatic rings. The summed E-state index contributed by atoms with van der Waals surface area (Å²) in [5.74, 6) is 0.0918. The number of fused-ring (bicyclic) bond motifs is 1. The third kappa shape index (κ3) is 4.55. The van der Waals surface area contributed by atoms with Crippen molar-refractivity contribution in [2.75, 3.05) is 13.1 Å². The maximum atomic E-state index is 12.5. The van der Waals surface area contributed by atoms with Crippen LogP contribution in [-0.4, -0.2) is 44.3 Å². The third-order valence-corrected chi connectivity index (χ3v) is 5.51. The second-order valence-corrected chi connectivity index (χ2v) is 9.47. The molecule has 0 aliphatic carbocycles. The number of hydrogen-bond acceptors (Lipinski definition) is 4. The highest BCUT2D eigenvalue weighted by atomic mass is 35.5. The summed E-state index contributed by atoms with van der Waals surface area (Å²) in [6.07, 6.45) is 5.12. The van der Waals surface area contributed by atoms with E-state index in [4.69, 9.17) is 32.9 Å². The first-order valence-corrected chi connectivity index (χ1v) is 10.7. The summed E-state index contributed by atoms with van der Waals surface area (Å²) in [5, 5.41) is 5.62. The van der Waals surface area contributed by atoms with E-state index in [1.54, 1.807) is 21.7 Å². The highest BCUT2D eigenvalue weighted by Gasteiger charge is 2.29. The molecule has 4 heterocycles. The number of carbonyl (C=O) groups is 1. The Labute approximate surface area is 185 Å². The molecule has 1 amide bonds. The Bertz CT molecular complexity index is 1090. The summed E-state index contributed by atoms with van der Waals surface area (Å²) in [5.41, 5.74) is 2.82. The highest BCUT2D eigenvalue weighted by Crippen LogP contribution is 2.32. The van der Waals surface area contributed by atoms with Gasteiger partial charge < -0.3 is 9.64 Å². The second-order valence-electron chi connectivity index (χ2n) is 8.59. The van der Waals surface area contributed by atoms with Gasteiger partial charge in [0.1, 0.15) is 5.60 Å². The molecule has 0 N–H and O–H groups in total. The fourth-order valence-corrected chi connectivity index (χ4v) is 4.10. The van der Waals surface area contributed by atoms with Crippen molar-refractivity contribution in [3.05, 3.63) is 52.4 Å². The van der Waals surface area contributed by atoms with E-state index in [1.807, 2.05) is 45.2 Å². The Hall–Kier alpha value is -2.31. The molecule has 0 saturated carbocycles.